The van der Waals surface area contributed by atoms with E-state index in [4.69, 9.17) is 4.74 Å². The van der Waals surface area contributed by atoms with Gasteiger partial charge >= 0.3 is 0 Å². The van der Waals surface area contributed by atoms with Crippen molar-refractivity contribution < 1.29 is 18.6 Å². The predicted molar refractivity (Wildman–Crippen MR) is 114 cm³/mol. The number of nitriles is 1. The summed E-state index contributed by atoms with van der Waals surface area (Å²) in [5, 5.41) is 26.0. The van der Waals surface area contributed by atoms with Crippen LogP contribution in [0, 0.1) is 11.3 Å². The van der Waals surface area contributed by atoms with Crippen LogP contribution >= 0.6 is 0 Å². The summed E-state index contributed by atoms with van der Waals surface area (Å²) in [5.74, 6) is -2.10. The third-order valence-corrected chi connectivity index (χ3v) is 5.04. The number of nitrogens with zero attached hydrogens (tertiary/aromatic N) is 5. The quantitative estimate of drug-likeness (QED) is 0.531. The average Bonchev–Trinajstić information content (AvgIpc) is 2.72. The first-order valence-corrected chi connectivity index (χ1v) is 10.4. The standard InChI is InChI=1S/C21H27F2N7O2/c1-20(31)6-3-4-16(9-20)29-18-14(10-24)11-26-19(30-18)25-7-5-15-8-17(28-13-27-15)32-12-21(2,22)23/h8,11,13,16,31H,3-7,9,12H2,1-2H3,(H2,25,26,29,30)/t16-,20+/m0/s1. The van der Waals surface area contributed by atoms with Gasteiger partial charge in [-0.25, -0.2) is 23.7 Å². The first-order valence-electron chi connectivity index (χ1n) is 10.4. The lowest BCUT2D eigenvalue weighted by Gasteiger charge is -2.34. The van der Waals surface area contributed by atoms with Crippen LogP contribution in [0.2, 0.25) is 0 Å². The molecule has 1 aliphatic rings. The fourth-order valence-electron chi connectivity index (χ4n) is 3.54. The van der Waals surface area contributed by atoms with Gasteiger partial charge < -0.3 is 20.5 Å². The molecule has 2 heterocycles. The van der Waals surface area contributed by atoms with E-state index in [1.54, 1.807) is 0 Å². The van der Waals surface area contributed by atoms with Crippen molar-refractivity contribution in [1.29, 1.82) is 5.26 Å². The molecule has 2 aromatic heterocycles. The number of ether oxygens (including phenoxy) is 1. The maximum atomic E-state index is 12.9. The summed E-state index contributed by atoms with van der Waals surface area (Å²) in [7, 11) is 0. The van der Waals surface area contributed by atoms with E-state index in [-0.39, 0.29) is 11.9 Å². The largest absolute Gasteiger partial charge is 0.471 e. The van der Waals surface area contributed by atoms with Gasteiger partial charge in [0.05, 0.1) is 11.8 Å². The van der Waals surface area contributed by atoms with Gasteiger partial charge in [0.1, 0.15) is 23.8 Å². The number of alkyl halides is 2. The Hall–Kier alpha value is -3.13. The van der Waals surface area contributed by atoms with Crippen LogP contribution in [0.5, 0.6) is 5.88 Å². The molecule has 0 unspecified atom stereocenters. The monoisotopic (exact) mass is 447 g/mol. The van der Waals surface area contributed by atoms with E-state index in [1.165, 1.54) is 18.6 Å². The highest BCUT2D eigenvalue weighted by molar-refractivity contribution is 5.54. The Labute approximate surface area is 185 Å². The van der Waals surface area contributed by atoms with Crippen molar-refractivity contribution >= 4 is 11.8 Å². The number of rotatable bonds is 9. The van der Waals surface area contributed by atoms with Crippen molar-refractivity contribution in [3.8, 4) is 11.9 Å². The smallest absolute Gasteiger partial charge is 0.278 e. The maximum Gasteiger partial charge on any atom is 0.278 e. The Balaban J connectivity index is 1.58. The summed E-state index contributed by atoms with van der Waals surface area (Å²) in [5.41, 5.74) is 0.202. The molecule has 11 heteroatoms. The topological polar surface area (TPSA) is 129 Å². The first kappa shape index (κ1) is 23.5. The lowest BCUT2D eigenvalue weighted by Crippen LogP contribution is -2.38. The Morgan fingerprint density at radius 3 is 2.91 bits per heavy atom. The molecule has 2 aromatic rings. The van der Waals surface area contributed by atoms with Gasteiger partial charge in [-0.2, -0.15) is 10.2 Å². The zero-order valence-electron chi connectivity index (χ0n) is 18.1. The van der Waals surface area contributed by atoms with Gasteiger partial charge in [0.2, 0.25) is 11.8 Å². The SMILES string of the molecule is CC(F)(F)COc1cc(CCNc2ncc(C#N)c(N[C@H]3CCC[C@@](C)(O)C3)n2)ncn1. The maximum absolute atomic E-state index is 12.9. The van der Waals surface area contributed by atoms with Crippen LogP contribution in [-0.4, -0.2) is 55.8 Å². The van der Waals surface area contributed by atoms with Gasteiger partial charge in [-0.15, -0.1) is 0 Å². The number of anilines is 2. The van der Waals surface area contributed by atoms with E-state index in [2.05, 4.69) is 36.6 Å². The van der Waals surface area contributed by atoms with E-state index in [9.17, 15) is 19.1 Å². The van der Waals surface area contributed by atoms with Crippen molar-refractivity contribution in [3.63, 3.8) is 0 Å². The molecule has 0 radical (unpaired) electrons. The van der Waals surface area contributed by atoms with Gasteiger partial charge in [-0.1, -0.05) is 0 Å². The highest BCUT2D eigenvalue weighted by atomic mass is 19.3. The summed E-state index contributed by atoms with van der Waals surface area (Å²) in [4.78, 5) is 16.5. The molecule has 1 saturated carbocycles. The molecule has 0 amide bonds. The molecule has 0 aromatic carbocycles. The Kier molecular flexibility index (Phi) is 7.35. The van der Waals surface area contributed by atoms with Crippen molar-refractivity contribution in [2.24, 2.45) is 0 Å². The van der Waals surface area contributed by atoms with Crippen molar-refractivity contribution in [3.05, 3.63) is 29.8 Å². The minimum atomic E-state index is -2.95. The number of halogens is 2. The number of hydrogen-bond donors (Lipinski definition) is 3. The highest BCUT2D eigenvalue weighted by Gasteiger charge is 2.30. The van der Waals surface area contributed by atoms with Gasteiger partial charge in [0.25, 0.3) is 5.92 Å². The van der Waals surface area contributed by atoms with E-state index in [0.717, 1.165) is 26.2 Å². The summed E-state index contributed by atoms with van der Waals surface area (Å²) >= 11 is 0. The molecule has 0 aliphatic heterocycles. The fourth-order valence-corrected chi connectivity index (χ4v) is 3.54. The van der Waals surface area contributed by atoms with Gasteiger partial charge in [-0.05, 0) is 32.6 Å². The third-order valence-electron chi connectivity index (χ3n) is 5.04. The Morgan fingerprint density at radius 2 is 2.19 bits per heavy atom. The lowest BCUT2D eigenvalue weighted by atomic mass is 9.83. The highest BCUT2D eigenvalue weighted by Crippen LogP contribution is 2.30. The second kappa shape index (κ2) is 9.99. The fraction of sp³-hybridized carbons (Fsp3) is 0.571. The van der Waals surface area contributed by atoms with Crippen molar-refractivity contribution in [2.45, 2.75) is 63.5 Å². The van der Waals surface area contributed by atoms with Crippen LogP contribution in [0.4, 0.5) is 20.5 Å². The predicted octanol–water partition coefficient (Wildman–Crippen LogP) is 2.93. The molecule has 1 aliphatic carbocycles. The Morgan fingerprint density at radius 1 is 1.38 bits per heavy atom. The van der Waals surface area contributed by atoms with Crippen LogP contribution in [0.15, 0.2) is 18.6 Å². The molecule has 3 rings (SSSR count). The second-order valence-electron chi connectivity index (χ2n) is 8.39. The van der Waals surface area contributed by atoms with Crippen LogP contribution in [0.25, 0.3) is 0 Å². The minimum Gasteiger partial charge on any atom is -0.471 e. The van der Waals surface area contributed by atoms with E-state index >= 15 is 0 Å². The van der Waals surface area contributed by atoms with Gasteiger partial charge in [-0.3, -0.25) is 0 Å². The van der Waals surface area contributed by atoms with E-state index in [0.29, 0.717) is 42.4 Å². The molecule has 1 fully saturated rings. The second-order valence-corrected chi connectivity index (χ2v) is 8.39. The van der Waals surface area contributed by atoms with E-state index < -0.39 is 18.1 Å². The average molecular weight is 447 g/mol. The third kappa shape index (κ3) is 7.23. The van der Waals surface area contributed by atoms with Crippen molar-refractivity contribution in [1.82, 2.24) is 19.9 Å². The lowest BCUT2D eigenvalue weighted by molar-refractivity contribution is -0.0243. The van der Waals surface area contributed by atoms with Crippen LogP contribution in [-0.2, 0) is 6.42 Å². The molecule has 172 valence electrons. The number of nitrogens with one attached hydrogen (secondary N) is 2. The number of aromatic nitrogens is 4. The molecule has 0 saturated heterocycles. The molecular weight excluding hydrogens is 420 g/mol. The van der Waals surface area contributed by atoms with Gasteiger partial charge in [0.15, 0.2) is 6.61 Å². The summed E-state index contributed by atoms with van der Waals surface area (Å²) in [6, 6.07) is 3.61. The summed E-state index contributed by atoms with van der Waals surface area (Å²) in [6.45, 7) is 2.25. The molecule has 2 atom stereocenters. The first-order chi connectivity index (χ1) is 15.1. The van der Waals surface area contributed by atoms with Gasteiger partial charge in [0, 0.05) is 37.7 Å². The summed E-state index contributed by atoms with van der Waals surface area (Å²) < 4.78 is 30.9. The summed E-state index contributed by atoms with van der Waals surface area (Å²) in [6.07, 6.45) is 6.27. The Bertz CT molecular complexity index is 960. The molecule has 32 heavy (non-hydrogen) atoms. The normalized spacial score (nSPS) is 20.9. The van der Waals surface area contributed by atoms with Crippen LogP contribution in [0.3, 0.4) is 0 Å². The molecule has 0 spiro atoms. The molecule has 0 bridgehead atoms. The number of hydrogen-bond acceptors (Lipinski definition) is 9. The zero-order chi connectivity index (χ0) is 23.2. The molecule has 9 nitrogen and oxygen atoms in total. The van der Waals surface area contributed by atoms with Crippen LogP contribution < -0.4 is 15.4 Å². The minimum absolute atomic E-state index is 0.0172. The van der Waals surface area contributed by atoms with Crippen LogP contribution in [0.1, 0.15) is 50.8 Å². The zero-order valence-corrected chi connectivity index (χ0v) is 18.1. The molecule has 3 N–H and O–H groups in total. The van der Waals surface area contributed by atoms with E-state index in [1.807, 2.05) is 6.92 Å². The number of aliphatic hydroxyl groups is 1. The molecular formula is C21H27F2N7O2. The van der Waals surface area contributed by atoms with Crippen molar-refractivity contribution in [2.75, 3.05) is 23.8 Å².